The number of nitrogens with zero attached hydrogens (tertiary/aromatic N) is 2. The van der Waals surface area contributed by atoms with Crippen molar-refractivity contribution in [2.24, 2.45) is 0 Å². The fourth-order valence-electron chi connectivity index (χ4n) is 3.14. The number of aromatic nitrogens is 1. The number of benzene rings is 1. The van der Waals surface area contributed by atoms with Gasteiger partial charge in [0.05, 0.1) is 17.0 Å². The van der Waals surface area contributed by atoms with E-state index in [1.807, 2.05) is 13.0 Å². The third-order valence-corrected chi connectivity index (χ3v) is 4.79. The molecule has 0 bridgehead atoms. The van der Waals surface area contributed by atoms with Gasteiger partial charge < -0.3 is 9.32 Å². The maximum atomic E-state index is 13.0. The monoisotopic (exact) mass is 340 g/mol. The molecule has 1 aromatic carbocycles. The topological polar surface area (TPSA) is 63.4 Å². The summed E-state index contributed by atoms with van der Waals surface area (Å²) in [6.45, 7) is 1.82. The number of carbonyl (C=O) groups excluding carboxylic acids is 1. The van der Waals surface area contributed by atoms with Gasteiger partial charge in [0.15, 0.2) is 5.43 Å². The highest BCUT2D eigenvalue weighted by Gasteiger charge is 2.40. The normalized spacial score (nSPS) is 16.7. The second kappa shape index (κ2) is 5.18. The van der Waals surface area contributed by atoms with Crippen LogP contribution >= 0.6 is 11.6 Å². The van der Waals surface area contributed by atoms with E-state index in [4.69, 9.17) is 16.0 Å². The predicted molar refractivity (Wildman–Crippen MR) is 90.4 cm³/mol. The van der Waals surface area contributed by atoms with Gasteiger partial charge in [-0.25, -0.2) is 0 Å². The Kier molecular flexibility index (Phi) is 3.21. The van der Waals surface area contributed by atoms with Crippen LogP contribution in [0, 0.1) is 6.92 Å². The molecule has 120 valence electrons. The van der Waals surface area contributed by atoms with Gasteiger partial charge in [0.1, 0.15) is 5.58 Å². The number of amides is 1. The fraction of sp³-hybridized carbons (Fsp3) is 0.167. The molecule has 2 aromatic heterocycles. The van der Waals surface area contributed by atoms with Crippen LogP contribution in [0.25, 0.3) is 11.0 Å². The molecule has 0 spiro atoms. The van der Waals surface area contributed by atoms with Crippen LogP contribution in [0.2, 0.25) is 5.02 Å². The number of carbonyl (C=O) groups is 1. The second-order valence-electron chi connectivity index (χ2n) is 5.88. The molecule has 6 heteroatoms. The highest BCUT2D eigenvalue weighted by molar-refractivity contribution is 6.32. The van der Waals surface area contributed by atoms with E-state index in [-0.39, 0.29) is 17.1 Å². The average molecular weight is 341 g/mol. The molecule has 1 amide bonds. The van der Waals surface area contributed by atoms with Gasteiger partial charge in [-0.15, -0.1) is 0 Å². The summed E-state index contributed by atoms with van der Waals surface area (Å²) in [5.41, 5.74) is 2.02. The van der Waals surface area contributed by atoms with E-state index in [1.54, 1.807) is 37.6 Å². The van der Waals surface area contributed by atoms with Crippen LogP contribution in [-0.2, 0) is 0 Å². The predicted octanol–water partition coefficient (Wildman–Crippen LogP) is 3.32. The van der Waals surface area contributed by atoms with E-state index < -0.39 is 6.04 Å². The minimum absolute atomic E-state index is 0.0885. The van der Waals surface area contributed by atoms with Crippen molar-refractivity contribution < 1.29 is 9.21 Å². The highest BCUT2D eigenvalue weighted by atomic mass is 35.5. The number of halogens is 1. The number of hydrogen-bond donors (Lipinski definition) is 0. The first-order chi connectivity index (χ1) is 11.5. The van der Waals surface area contributed by atoms with E-state index in [0.29, 0.717) is 21.6 Å². The lowest BCUT2D eigenvalue weighted by Crippen LogP contribution is -2.25. The Hall–Kier alpha value is -2.66. The number of fused-ring (bicyclic) bond motifs is 2. The highest BCUT2D eigenvalue weighted by Crippen LogP contribution is 2.37. The summed E-state index contributed by atoms with van der Waals surface area (Å²) in [6.07, 6.45) is 3.29. The zero-order valence-electron chi connectivity index (χ0n) is 13.0. The summed E-state index contributed by atoms with van der Waals surface area (Å²) in [6, 6.07) is 6.38. The lowest BCUT2D eigenvalue weighted by molar-refractivity contribution is 0.0771. The Balaban J connectivity index is 2.07. The third kappa shape index (κ3) is 1.98. The Labute approximate surface area is 142 Å². The third-order valence-electron chi connectivity index (χ3n) is 4.38. The summed E-state index contributed by atoms with van der Waals surface area (Å²) < 4.78 is 5.79. The van der Waals surface area contributed by atoms with Gasteiger partial charge in [0, 0.05) is 24.5 Å². The maximum Gasteiger partial charge on any atom is 0.290 e. The molecule has 0 radical (unpaired) electrons. The molecule has 1 aliphatic rings. The first-order valence-electron chi connectivity index (χ1n) is 7.43. The Bertz CT molecular complexity index is 1040. The smallest absolute Gasteiger partial charge is 0.290 e. The molecule has 0 N–H and O–H groups in total. The van der Waals surface area contributed by atoms with Crippen LogP contribution in [0.4, 0.5) is 0 Å². The zero-order valence-corrected chi connectivity index (χ0v) is 13.8. The Morgan fingerprint density at radius 1 is 1.29 bits per heavy atom. The lowest BCUT2D eigenvalue weighted by atomic mass is 10.00. The first kappa shape index (κ1) is 14.9. The molecule has 0 saturated carbocycles. The van der Waals surface area contributed by atoms with Gasteiger partial charge >= 0.3 is 0 Å². The average Bonchev–Trinajstić information content (AvgIpc) is 2.83. The summed E-state index contributed by atoms with van der Waals surface area (Å²) in [5, 5.41) is 0.867. The number of hydrogen-bond acceptors (Lipinski definition) is 4. The fourth-order valence-corrected chi connectivity index (χ4v) is 3.30. The second-order valence-corrected chi connectivity index (χ2v) is 6.28. The van der Waals surface area contributed by atoms with Gasteiger partial charge in [-0.3, -0.25) is 14.6 Å². The van der Waals surface area contributed by atoms with Crippen molar-refractivity contribution >= 4 is 28.5 Å². The van der Waals surface area contributed by atoms with E-state index in [0.717, 1.165) is 11.1 Å². The molecule has 3 aromatic rings. The molecule has 1 aliphatic heterocycles. The van der Waals surface area contributed by atoms with Crippen molar-refractivity contribution in [3.63, 3.8) is 0 Å². The quantitative estimate of drug-likeness (QED) is 0.681. The van der Waals surface area contributed by atoms with E-state index in [2.05, 4.69) is 4.98 Å². The minimum Gasteiger partial charge on any atom is -0.450 e. The van der Waals surface area contributed by atoms with Crippen molar-refractivity contribution in [2.45, 2.75) is 13.0 Å². The van der Waals surface area contributed by atoms with Crippen molar-refractivity contribution in [3.05, 3.63) is 74.4 Å². The zero-order chi connectivity index (χ0) is 17.0. The molecule has 0 fully saturated rings. The molecule has 0 aliphatic carbocycles. The molecule has 3 heterocycles. The van der Waals surface area contributed by atoms with E-state index in [9.17, 15) is 9.59 Å². The maximum absolute atomic E-state index is 13.0. The lowest BCUT2D eigenvalue weighted by Gasteiger charge is -2.19. The van der Waals surface area contributed by atoms with Gasteiger partial charge in [-0.1, -0.05) is 17.7 Å². The molecule has 1 atom stereocenters. The standard InChI is InChI=1S/C18H13ClN2O3/c1-9-6-13-11(7-12(9)19)16(22)14-15(10-4-3-5-20-8-10)21(2)18(23)17(14)24-13/h3-8,15H,1-2H3. The molecule has 5 nitrogen and oxygen atoms in total. The summed E-state index contributed by atoms with van der Waals surface area (Å²) in [5.74, 6) is -0.226. The molecular formula is C18H13ClN2O3. The molecular weight excluding hydrogens is 328 g/mol. The van der Waals surface area contributed by atoms with Gasteiger partial charge in [0.2, 0.25) is 5.76 Å². The molecule has 0 saturated heterocycles. The van der Waals surface area contributed by atoms with Gasteiger partial charge in [-0.2, -0.15) is 0 Å². The molecule has 24 heavy (non-hydrogen) atoms. The van der Waals surface area contributed by atoms with E-state index >= 15 is 0 Å². The summed E-state index contributed by atoms with van der Waals surface area (Å²) >= 11 is 6.15. The van der Waals surface area contributed by atoms with Crippen LogP contribution in [0.1, 0.15) is 33.3 Å². The molecule has 4 rings (SSSR count). The summed E-state index contributed by atoms with van der Waals surface area (Å²) in [4.78, 5) is 31.2. The minimum atomic E-state index is -0.512. The van der Waals surface area contributed by atoms with Crippen LogP contribution in [0.3, 0.4) is 0 Å². The first-order valence-corrected chi connectivity index (χ1v) is 7.80. The number of pyridine rings is 1. The largest absolute Gasteiger partial charge is 0.450 e. The Morgan fingerprint density at radius 3 is 2.79 bits per heavy atom. The van der Waals surface area contributed by atoms with Gasteiger partial charge in [-0.05, 0) is 36.2 Å². The van der Waals surface area contributed by atoms with E-state index in [1.165, 1.54) is 4.90 Å². The van der Waals surface area contributed by atoms with Crippen molar-refractivity contribution in [2.75, 3.05) is 7.05 Å². The van der Waals surface area contributed by atoms with Gasteiger partial charge in [0.25, 0.3) is 5.91 Å². The number of rotatable bonds is 1. The number of aryl methyl sites for hydroxylation is 1. The van der Waals surface area contributed by atoms with Crippen molar-refractivity contribution in [3.8, 4) is 0 Å². The molecule has 1 unspecified atom stereocenters. The van der Waals surface area contributed by atoms with Crippen LogP contribution in [-0.4, -0.2) is 22.8 Å². The van der Waals surface area contributed by atoms with Crippen molar-refractivity contribution in [1.29, 1.82) is 0 Å². The van der Waals surface area contributed by atoms with Crippen LogP contribution in [0.5, 0.6) is 0 Å². The Morgan fingerprint density at radius 2 is 2.08 bits per heavy atom. The van der Waals surface area contributed by atoms with Crippen LogP contribution in [0.15, 0.2) is 45.9 Å². The van der Waals surface area contributed by atoms with Crippen molar-refractivity contribution in [1.82, 2.24) is 9.88 Å². The van der Waals surface area contributed by atoms with Crippen LogP contribution < -0.4 is 5.43 Å². The SMILES string of the molecule is Cc1cc2oc3c(c(=O)c2cc1Cl)C(c1cccnc1)N(C)C3=O. The summed E-state index contributed by atoms with van der Waals surface area (Å²) in [7, 11) is 1.65.